The lowest BCUT2D eigenvalue weighted by Gasteiger charge is -2.33. The molecule has 1 aliphatic heterocycles. The molecule has 2 heterocycles. The van der Waals surface area contributed by atoms with E-state index in [9.17, 15) is 22.8 Å². The van der Waals surface area contributed by atoms with Gasteiger partial charge in [0.1, 0.15) is 12.3 Å². The van der Waals surface area contributed by atoms with Gasteiger partial charge in [0.15, 0.2) is 4.80 Å². The van der Waals surface area contributed by atoms with Crippen molar-refractivity contribution in [1.82, 2.24) is 13.8 Å². The van der Waals surface area contributed by atoms with Gasteiger partial charge in [-0.1, -0.05) is 11.3 Å². The number of amides is 2. The highest BCUT2D eigenvalue weighted by Crippen LogP contribution is 2.24. The van der Waals surface area contributed by atoms with Gasteiger partial charge in [-0.15, -0.1) is 0 Å². The number of aromatic nitrogens is 1. The van der Waals surface area contributed by atoms with Crippen LogP contribution in [0, 0.1) is 0 Å². The molecule has 2 aromatic carbocycles. The Hall–Kier alpha value is -3.75. The Morgan fingerprint density at radius 1 is 1.00 bits per heavy atom. The van der Waals surface area contributed by atoms with E-state index < -0.39 is 28.0 Å². The lowest BCUT2D eigenvalue weighted by atomic mass is 10.2. The topological polar surface area (TPSA) is 137 Å². The fourth-order valence-corrected chi connectivity index (χ4v) is 6.49. The first-order chi connectivity index (χ1) is 18.7. The number of fused-ring (bicyclic) bond motifs is 1. The Bertz CT molecular complexity index is 1550. The second-order valence-electron chi connectivity index (χ2n) is 8.41. The lowest BCUT2D eigenvalue weighted by molar-refractivity contribution is -0.141. The molecule has 0 saturated carbocycles. The van der Waals surface area contributed by atoms with Crippen LogP contribution in [0.2, 0.25) is 0 Å². The van der Waals surface area contributed by atoms with E-state index in [0.717, 1.165) is 4.70 Å². The summed E-state index contributed by atoms with van der Waals surface area (Å²) in [6, 6.07) is 10.8. The number of hydrogen-bond donors (Lipinski definition) is 0. The van der Waals surface area contributed by atoms with Crippen LogP contribution in [0.3, 0.4) is 0 Å². The Morgan fingerprint density at radius 2 is 1.69 bits per heavy atom. The van der Waals surface area contributed by atoms with Gasteiger partial charge in [-0.25, -0.2) is 13.2 Å². The molecule has 1 aliphatic rings. The molecule has 0 atom stereocenters. The highest BCUT2D eigenvalue weighted by atomic mass is 32.2. The first-order valence-corrected chi connectivity index (χ1v) is 14.3. The summed E-state index contributed by atoms with van der Waals surface area (Å²) in [5.74, 6) is -0.484. The molecule has 4 rings (SSSR count). The van der Waals surface area contributed by atoms with E-state index in [1.807, 2.05) is 0 Å². The third kappa shape index (κ3) is 6.13. The number of benzene rings is 2. The Labute approximate surface area is 229 Å². The molecule has 0 spiro atoms. The minimum Gasteiger partial charge on any atom is -0.497 e. The maximum atomic E-state index is 13.1. The first-order valence-electron chi connectivity index (χ1n) is 12.0. The maximum Gasteiger partial charge on any atom is 0.409 e. The number of esters is 1. The van der Waals surface area contributed by atoms with Crippen LogP contribution in [0.25, 0.3) is 10.2 Å². The molecule has 1 fully saturated rings. The van der Waals surface area contributed by atoms with E-state index in [4.69, 9.17) is 14.2 Å². The van der Waals surface area contributed by atoms with Gasteiger partial charge in [-0.2, -0.15) is 9.30 Å². The zero-order chi connectivity index (χ0) is 28.2. The van der Waals surface area contributed by atoms with Crippen molar-refractivity contribution in [3.63, 3.8) is 0 Å². The molecular weight excluding hydrogens is 548 g/mol. The van der Waals surface area contributed by atoms with Crippen LogP contribution in [0.15, 0.2) is 52.4 Å². The van der Waals surface area contributed by atoms with Crippen LogP contribution in [0.1, 0.15) is 17.3 Å². The number of rotatable bonds is 7. The smallest absolute Gasteiger partial charge is 0.409 e. The number of nitrogens with zero attached hydrogens (tertiary/aromatic N) is 4. The molecule has 1 saturated heterocycles. The predicted molar refractivity (Wildman–Crippen MR) is 142 cm³/mol. The number of piperazine rings is 1. The Morgan fingerprint density at radius 3 is 2.31 bits per heavy atom. The van der Waals surface area contributed by atoms with Crippen molar-refractivity contribution in [3.8, 4) is 5.75 Å². The third-order valence-corrected chi connectivity index (χ3v) is 9.06. The zero-order valence-electron chi connectivity index (χ0n) is 21.7. The summed E-state index contributed by atoms with van der Waals surface area (Å²) < 4.78 is 44.9. The van der Waals surface area contributed by atoms with E-state index in [1.54, 1.807) is 36.8 Å². The van der Waals surface area contributed by atoms with Gasteiger partial charge < -0.3 is 23.7 Å². The molecule has 39 heavy (non-hydrogen) atoms. The second kappa shape index (κ2) is 12.0. The normalized spacial score (nSPS) is 14.8. The van der Waals surface area contributed by atoms with Crippen LogP contribution in [0.4, 0.5) is 4.79 Å². The van der Waals surface area contributed by atoms with Gasteiger partial charge in [-0.3, -0.25) is 9.59 Å². The summed E-state index contributed by atoms with van der Waals surface area (Å²) in [6.07, 6.45) is -0.466. The molecule has 12 nitrogen and oxygen atoms in total. The average molecular weight is 577 g/mol. The quantitative estimate of drug-likeness (QED) is 0.390. The van der Waals surface area contributed by atoms with Gasteiger partial charge in [0.05, 0.1) is 35.9 Å². The number of sulfonamides is 1. The van der Waals surface area contributed by atoms with Crippen LogP contribution in [-0.4, -0.2) is 87.2 Å². The number of hydrogen-bond acceptors (Lipinski definition) is 9. The molecule has 0 aliphatic carbocycles. The Kier molecular flexibility index (Phi) is 8.67. The Balaban J connectivity index is 1.56. The van der Waals surface area contributed by atoms with Crippen molar-refractivity contribution in [2.45, 2.75) is 18.4 Å². The van der Waals surface area contributed by atoms with Crippen molar-refractivity contribution in [3.05, 3.63) is 52.8 Å². The highest BCUT2D eigenvalue weighted by Gasteiger charge is 2.30. The highest BCUT2D eigenvalue weighted by molar-refractivity contribution is 7.89. The third-order valence-electron chi connectivity index (χ3n) is 6.11. The molecule has 1 aromatic heterocycles. The number of thiazole rings is 1. The van der Waals surface area contributed by atoms with Crippen molar-refractivity contribution >= 4 is 49.5 Å². The summed E-state index contributed by atoms with van der Waals surface area (Å²) in [6.45, 7) is 2.52. The SMILES string of the molecule is CCOC(=O)N1CCN(S(=O)(=O)c2ccc(C(=O)N=c3sc4cc(OC)ccc4n3CC(=O)OC)cc2)CC1. The molecule has 3 aromatic rings. The van der Waals surface area contributed by atoms with Crippen molar-refractivity contribution < 1.29 is 37.0 Å². The molecule has 14 heteroatoms. The molecule has 208 valence electrons. The monoisotopic (exact) mass is 576 g/mol. The average Bonchev–Trinajstić information content (AvgIpc) is 3.28. The fourth-order valence-electron chi connectivity index (χ4n) is 4.01. The largest absolute Gasteiger partial charge is 0.497 e. The van der Waals surface area contributed by atoms with E-state index in [0.29, 0.717) is 11.3 Å². The number of methoxy groups -OCH3 is 2. The lowest BCUT2D eigenvalue weighted by Crippen LogP contribution is -2.50. The van der Waals surface area contributed by atoms with Gasteiger partial charge in [-0.05, 0) is 49.4 Å². The fraction of sp³-hybridized carbons (Fsp3) is 0.360. The molecule has 0 unspecified atom stereocenters. The molecule has 2 amide bonds. The van der Waals surface area contributed by atoms with Crippen LogP contribution in [-0.2, 0) is 30.8 Å². The molecule has 0 bridgehead atoms. The summed E-state index contributed by atoms with van der Waals surface area (Å²) in [5, 5.41) is 0. The van der Waals surface area contributed by atoms with E-state index in [1.165, 1.54) is 51.9 Å². The summed E-state index contributed by atoms with van der Waals surface area (Å²) in [4.78, 5) is 42.9. The first kappa shape index (κ1) is 28.3. The van der Waals surface area contributed by atoms with E-state index >= 15 is 0 Å². The second-order valence-corrected chi connectivity index (χ2v) is 11.4. The van der Waals surface area contributed by atoms with Gasteiger partial charge in [0, 0.05) is 31.7 Å². The molecule has 0 N–H and O–H groups in total. The van der Waals surface area contributed by atoms with E-state index in [2.05, 4.69) is 4.99 Å². The number of ether oxygens (including phenoxy) is 3. The predicted octanol–water partition coefficient (Wildman–Crippen LogP) is 2.09. The standard InChI is InChI=1S/C25H28N4O8S2/c1-4-37-25(32)27-11-13-28(14-12-27)39(33,34)19-8-5-17(6-9-19)23(31)26-24-29(16-22(30)36-3)20-10-7-18(35-2)15-21(20)38-24/h5-10,15H,4,11-14,16H2,1-3H3. The summed E-state index contributed by atoms with van der Waals surface area (Å²) in [5.41, 5.74) is 0.864. The van der Waals surface area contributed by atoms with Crippen molar-refractivity contribution in [2.75, 3.05) is 47.0 Å². The zero-order valence-corrected chi connectivity index (χ0v) is 23.3. The minimum atomic E-state index is -3.82. The number of carbonyl (C=O) groups is 3. The molecule has 0 radical (unpaired) electrons. The van der Waals surface area contributed by atoms with Crippen molar-refractivity contribution in [2.24, 2.45) is 4.99 Å². The summed E-state index contributed by atoms with van der Waals surface area (Å²) >= 11 is 1.21. The van der Waals surface area contributed by atoms with Crippen LogP contribution < -0.4 is 9.54 Å². The maximum absolute atomic E-state index is 13.1. The van der Waals surface area contributed by atoms with Crippen molar-refractivity contribution in [1.29, 1.82) is 0 Å². The minimum absolute atomic E-state index is 0.0262. The summed E-state index contributed by atoms with van der Waals surface area (Å²) in [7, 11) is -1.01. The van der Waals surface area contributed by atoms with E-state index in [-0.39, 0.29) is 54.6 Å². The number of carbonyl (C=O) groups excluding carboxylic acids is 3. The van der Waals surface area contributed by atoms with Crippen LogP contribution in [0.5, 0.6) is 5.75 Å². The van der Waals surface area contributed by atoms with Gasteiger partial charge in [0.25, 0.3) is 5.91 Å². The molecular formula is C25H28N4O8S2. The van der Waals surface area contributed by atoms with Gasteiger partial charge >= 0.3 is 12.1 Å². The van der Waals surface area contributed by atoms with Crippen LogP contribution >= 0.6 is 11.3 Å². The van der Waals surface area contributed by atoms with Gasteiger partial charge in [0.2, 0.25) is 10.0 Å².